The Morgan fingerprint density at radius 1 is 0.871 bits per heavy atom. The summed E-state index contributed by atoms with van der Waals surface area (Å²) in [6.07, 6.45) is 1.06. The lowest BCUT2D eigenvalue weighted by molar-refractivity contribution is 0.261. The van der Waals surface area contributed by atoms with Gasteiger partial charge < -0.3 is 14.7 Å². The molecule has 0 amide bonds. The second kappa shape index (κ2) is 11.0. The van der Waals surface area contributed by atoms with Crippen LogP contribution in [0.3, 0.4) is 0 Å². The molecular weight excluding hydrogens is 384 g/mol. The molecule has 3 aromatic carbocycles. The predicted octanol–water partition coefficient (Wildman–Crippen LogP) is 5.60. The number of phenols is 1. The van der Waals surface area contributed by atoms with Crippen molar-refractivity contribution in [2.75, 3.05) is 27.2 Å². The summed E-state index contributed by atoms with van der Waals surface area (Å²) in [5, 5.41) is 19.0. The second-order valence-electron chi connectivity index (χ2n) is 7.60. The number of likely N-dealkylation sites (N-methyl/N-ethyl adjacent to an activating group) is 1. The molecule has 0 unspecified atom stereocenters. The predicted molar refractivity (Wildman–Crippen MR) is 126 cm³/mol. The fourth-order valence-corrected chi connectivity index (χ4v) is 3.44. The van der Waals surface area contributed by atoms with Crippen molar-refractivity contribution in [2.24, 2.45) is 0 Å². The van der Waals surface area contributed by atoms with Crippen LogP contribution in [-0.2, 0) is 0 Å². The van der Waals surface area contributed by atoms with Gasteiger partial charge in [0.1, 0.15) is 18.1 Å². The molecule has 3 rings (SSSR count). The molecular formula is C27H28N2O2. The van der Waals surface area contributed by atoms with Crippen LogP contribution in [0.25, 0.3) is 11.1 Å². The first-order valence-electron chi connectivity index (χ1n) is 10.4. The molecule has 1 N–H and O–H groups in total. The molecule has 0 aliphatic heterocycles. The Morgan fingerprint density at radius 2 is 1.48 bits per heavy atom. The Morgan fingerprint density at radius 3 is 2.06 bits per heavy atom. The van der Waals surface area contributed by atoms with Crippen LogP contribution in [0.5, 0.6) is 11.5 Å². The Hall–Kier alpha value is -3.55. The van der Waals surface area contributed by atoms with Crippen molar-refractivity contribution in [3.8, 4) is 17.6 Å². The second-order valence-corrected chi connectivity index (χ2v) is 7.60. The number of aromatic hydroxyl groups is 1. The SMILES string of the molecule is CN(C)CCOc1ccc(/C(=C(/CCC#N)c2ccccc2)c2ccc(O)cc2)cc1. The Kier molecular flexibility index (Phi) is 7.86. The highest BCUT2D eigenvalue weighted by molar-refractivity contribution is 5.98. The number of rotatable bonds is 9. The third-order valence-electron chi connectivity index (χ3n) is 5.02. The van der Waals surface area contributed by atoms with E-state index in [0.29, 0.717) is 19.4 Å². The first-order valence-corrected chi connectivity index (χ1v) is 10.4. The van der Waals surface area contributed by atoms with Gasteiger partial charge in [-0.3, -0.25) is 0 Å². The third-order valence-corrected chi connectivity index (χ3v) is 5.02. The van der Waals surface area contributed by atoms with Gasteiger partial charge in [0.15, 0.2) is 0 Å². The summed E-state index contributed by atoms with van der Waals surface area (Å²) in [5.41, 5.74) is 5.29. The van der Waals surface area contributed by atoms with E-state index in [1.54, 1.807) is 12.1 Å². The van der Waals surface area contributed by atoms with Crippen LogP contribution in [0.15, 0.2) is 78.9 Å². The van der Waals surface area contributed by atoms with Gasteiger partial charge in [-0.25, -0.2) is 0 Å². The normalized spacial score (nSPS) is 11.7. The molecule has 4 nitrogen and oxygen atoms in total. The van der Waals surface area contributed by atoms with Crippen molar-refractivity contribution in [3.63, 3.8) is 0 Å². The smallest absolute Gasteiger partial charge is 0.119 e. The summed E-state index contributed by atoms with van der Waals surface area (Å²) in [6, 6.07) is 27.8. The van der Waals surface area contributed by atoms with Crippen LogP contribution >= 0.6 is 0 Å². The number of hydrogen-bond donors (Lipinski definition) is 1. The molecule has 31 heavy (non-hydrogen) atoms. The molecule has 0 spiro atoms. The zero-order valence-electron chi connectivity index (χ0n) is 18.1. The lowest BCUT2D eigenvalue weighted by Crippen LogP contribution is -2.19. The fourth-order valence-electron chi connectivity index (χ4n) is 3.44. The number of nitriles is 1. The monoisotopic (exact) mass is 412 g/mol. The van der Waals surface area contributed by atoms with E-state index in [9.17, 15) is 10.4 Å². The van der Waals surface area contributed by atoms with Gasteiger partial charge in [0.2, 0.25) is 0 Å². The largest absolute Gasteiger partial charge is 0.508 e. The minimum absolute atomic E-state index is 0.228. The topological polar surface area (TPSA) is 56.5 Å². The van der Waals surface area contributed by atoms with E-state index in [-0.39, 0.29) is 5.75 Å². The first kappa shape index (κ1) is 22.1. The lowest BCUT2D eigenvalue weighted by Gasteiger charge is -2.17. The minimum atomic E-state index is 0.228. The van der Waals surface area contributed by atoms with Gasteiger partial charge >= 0.3 is 0 Å². The Labute approximate surface area is 184 Å². The van der Waals surface area contributed by atoms with Gasteiger partial charge in [-0.05, 0) is 72.6 Å². The summed E-state index contributed by atoms with van der Waals surface area (Å²) >= 11 is 0. The highest BCUT2D eigenvalue weighted by Crippen LogP contribution is 2.36. The van der Waals surface area contributed by atoms with Gasteiger partial charge in [-0.15, -0.1) is 0 Å². The van der Waals surface area contributed by atoms with Crippen molar-refractivity contribution >= 4 is 11.1 Å². The molecule has 0 aliphatic carbocycles. The van der Waals surface area contributed by atoms with Crippen LogP contribution in [-0.4, -0.2) is 37.3 Å². The molecule has 0 aliphatic rings. The van der Waals surface area contributed by atoms with E-state index >= 15 is 0 Å². The van der Waals surface area contributed by atoms with Gasteiger partial charge in [0, 0.05) is 13.0 Å². The molecule has 0 saturated carbocycles. The molecule has 3 aromatic rings. The van der Waals surface area contributed by atoms with Crippen LogP contribution in [0, 0.1) is 11.3 Å². The molecule has 0 fully saturated rings. The molecule has 4 heteroatoms. The molecule has 0 aromatic heterocycles. The highest BCUT2D eigenvalue weighted by atomic mass is 16.5. The van der Waals surface area contributed by atoms with Crippen molar-refractivity contribution in [1.82, 2.24) is 4.90 Å². The maximum atomic E-state index is 9.78. The molecule has 0 heterocycles. The summed E-state index contributed by atoms with van der Waals surface area (Å²) in [7, 11) is 4.04. The molecule has 0 atom stereocenters. The number of phenolic OH excluding ortho intramolecular Hbond substituents is 1. The van der Waals surface area contributed by atoms with E-state index in [1.165, 1.54) is 0 Å². The molecule has 158 valence electrons. The maximum absolute atomic E-state index is 9.78. The molecule has 0 bridgehead atoms. The van der Waals surface area contributed by atoms with Crippen LogP contribution in [0.4, 0.5) is 0 Å². The zero-order chi connectivity index (χ0) is 22.1. The third kappa shape index (κ3) is 6.21. The summed E-state index contributed by atoms with van der Waals surface area (Å²) < 4.78 is 5.85. The summed E-state index contributed by atoms with van der Waals surface area (Å²) in [5.74, 6) is 1.06. The van der Waals surface area contributed by atoms with Crippen LogP contribution in [0.2, 0.25) is 0 Å². The van der Waals surface area contributed by atoms with E-state index in [4.69, 9.17) is 4.74 Å². The number of ether oxygens (including phenoxy) is 1. The van der Waals surface area contributed by atoms with Crippen LogP contribution < -0.4 is 4.74 Å². The first-order chi connectivity index (χ1) is 15.1. The number of hydrogen-bond acceptors (Lipinski definition) is 4. The highest BCUT2D eigenvalue weighted by Gasteiger charge is 2.14. The van der Waals surface area contributed by atoms with E-state index in [0.717, 1.165) is 40.1 Å². The average Bonchev–Trinajstić information content (AvgIpc) is 2.79. The molecule has 0 radical (unpaired) electrons. The van der Waals surface area contributed by atoms with E-state index in [2.05, 4.69) is 35.2 Å². The quantitative estimate of drug-likeness (QED) is 0.465. The summed E-state index contributed by atoms with van der Waals surface area (Å²) in [4.78, 5) is 2.08. The number of nitrogens with zero attached hydrogens (tertiary/aromatic N) is 2. The van der Waals surface area contributed by atoms with Gasteiger partial charge in [-0.1, -0.05) is 54.6 Å². The fraction of sp³-hybridized carbons (Fsp3) is 0.222. The van der Waals surface area contributed by atoms with Crippen molar-refractivity contribution < 1.29 is 9.84 Å². The minimum Gasteiger partial charge on any atom is -0.508 e. The van der Waals surface area contributed by atoms with Crippen molar-refractivity contribution in [1.29, 1.82) is 5.26 Å². The summed E-state index contributed by atoms with van der Waals surface area (Å²) in [6.45, 7) is 1.48. The van der Waals surface area contributed by atoms with Gasteiger partial charge in [0.25, 0.3) is 0 Å². The molecule has 0 saturated heterocycles. The number of allylic oxidation sites excluding steroid dienone is 1. The van der Waals surface area contributed by atoms with Crippen molar-refractivity contribution in [2.45, 2.75) is 12.8 Å². The Balaban J connectivity index is 2.06. The maximum Gasteiger partial charge on any atom is 0.119 e. The Bertz CT molecular complexity index is 1030. The van der Waals surface area contributed by atoms with Crippen molar-refractivity contribution in [3.05, 3.63) is 95.6 Å². The van der Waals surface area contributed by atoms with E-state index in [1.807, 2.05) is 56.6 Å². The van der Waals surface area contributed by atoms with Gasteiger partial charge in [-0.2, -0.15) is 5.26 Å². The lowest BCUT2D eigenvalue weighted by atomic mass is 9.87. The zero-order valence-corrected chi connectivity index (χ0v) is 18.1. The van der Waals surface area contributed by atoms with E-state index < -0.39 is 0 Å². The van der Waals surface area contributed by atoms with Crippen LogP contribution in [0.1, 0.15) is 29.5 Å². The standard InChI is InChI=1S/C27H28N2O2/c1-29(2)19-20-31-25-16-12-23(13-17-25)27(22-10-14-24(30)15-11-22)26(9-6-18-28)21-7-4-3-5-8-21/h3-5,7-8,10-17,30H,6,9,19-20H2,1-2H3/b27-26-. The van der Waals surface area contributed by atoms with Gasteiger partial charge in [0.05, 0.1) is 6.07 Å². The number of benzene rings is 3. The average molecular weight is 413 g/mol.